The first-order valence-electron chi connectivity index (χ1n) is 9.56. The van der Waals surface area contributed by atoms with Gasteiger partial charge in [0, 0.05) is 44.2 Å². The number of carbonyl (C=O) groups excluding carboxylic acids is 1. The van der Waals surface area contributed by atoms with Crippen LogP contribution >= 0.6 is 0 Å². The predicted octanol–water partition coefficient (Wildman–Crippen LogP) is 2.67. The number of rotatable bonds is 4. The number of ether oxygens (including phenoxy) is 2. The van der Waals surface area contributed by atoms with Gasteiger partial charge in [0.05, 0.1) is 25.1 Å². The monoisotopic (exact) mass is 370 g/mol. The lowest BCUT2D eigenvalue weighted by atomic mass is 10.1. The highest BCUT2D eigenvalue weighted by molar-refractivity contribution is 5.68. The van der Waals surface area contributed by atoms with Gasteiger partial charge in [-0.05, 0) is 37.6 Å². The number of amides is 1. The minimum absolute atomic E-state index is 0.193. The van der Waals surface area contributed by atoms with Crippen LogP contribution in [0.5, 0.6) is 5.75 Å². The van der Waals surface area contributed by atoms with E-state index in [0.717, 1.165) is 61.9 Å². The van der Waals surface area contributed by atoms with Gasteiger partial charge in [-0.2, -0.15) is 0 Å². The van der Waals surface area contributed by atoms with Crippen LogP contribution in [0.25, 0.3) is 11.4 Å². The van der Waals surface area contributed by atoms with Crippen LogP contribution in [-0.4, -0.2) is 65.3 Å². The molecule has 1 fully saturated rings. The molecule has 2 aliphatic heterocycles. The fourth-order valence-corrected chi connectivity index (χ4v) is 3.93. The molecule has 144 valence electrons. The number of nitrogens with one attached hydrogen (secondary N) is 1. The standard InChI is InChI=1S/C20H26N4O3/c1-3-27-20(25)24-10-8-15(12-24)23-11-9-17-18(13-23)22-19(21-17)14-4-6-16(26-2)7-5-14/h4-7,15H,3,8-13H2,1-2H3,(H,21,22)/t15-/m0/s1. The average molecular weight is 370 g/mol. The van der Waals surface area contributed by atoms with Crippen molar-refractivity contribution in [1.29, 1.82) is 0 Å². The summed E-state index contributed by atoms with van der Waals surface area (Å²) in [6.07, 6.45) is 1.73. The topological polar surface area (TPSA) is 70.7 Å². The zero-order valence-electron chi connectivity index (χ0n) is 15.9. The molecule has 1 saturated heterocycles. The first-order valence-corrected chi connectivity index (χ1v) is 9.56. The summed E-state index contributed by atoms with van der Waals surface area (Å²) in [6, 6.07) is 8.33. The third kappa shape index (κ3) is 3.64. The van der Waals surface area contributed by atoms with Gasteiger partial charge in [-0.3, -0.25) is 4.90 Å². The summed E-state index contributed by atoms with van der Waals surface area (Å²) in [7, 11) is 1.67. The van der Waals surface area contributed by atoms with E-state index in [-0.39, 0.29) is 6.09 Å². The Morgan fingerprint density at radius 3 is 2.85 bits per heavy atom. The Bertz CT molecular complexity index is 802. The van der Waals surface area contributed by atoms with E-state index in [1.165, 1.54) is 5.69 Å². The Labute approximate surface area is 159 Å². The van der Waals surface area contributed by atoms with Crippen molar-refractivity contribution >= 4 is 6.09 Å². The fourth-order valence-electron chi connectivity index (χ4n) is 3.93. The number of likely N-dealkylation sites (tertiary alicyclic amines) is 1. The van der Waals surface area contributed by atoms with Gasteiger partial charge in [-0.1, -0.05) is 0 Å². The number of aromatic nitrogens is 2. The number of hydrogen-bond acceptors (Lipinski definition) is 5. The number of methoxy groups -OCH3 is 1. The summed E-state index contributed by atoms with van der Waals surface area (Å²) in [6.45, 7) is 5.60. The van der Waals surface area contributed by atoms with E-state index in [4.69, 9.17) is 14.5 Å². The van der Waals surface area contributed by atoms with E-state index < -0.39 is 0 Å². The molecule has 2 aromatic rings. The van der Waals surface area contributed by atoms with E-state index in [9.17, 15) is 4.79 Å². The maximum atomic E-state index is 11.9. The maximum absolute atomic E-state index is 11.9. The Morgan fingerprint density at radius 2 is 2.11 bits per heavy atom. The lowest BCUT2D eigenvalue weighted by Crippen LogP contribution is -2.41. The highest BCUT2D eigenvalue weighted by Crippen LogP contribution is 2.27. The van der Waals surface area contributed by atoms with E-state index >= 15 is 0 Å². The van der Waals surface area contributed by atoms with Crippen molar-refractivity contribution in [3.63, 3.8) is 0 Å². The number of fused-ring (bicyclic) bond motifs is 1. The molecule has 1 aromatic carbocycles. The first-order chi connectivity index (χ1) is 13.2. The van der Waals surface area contributed by atoms with Gasteiger partial charge < -0.3 is 19.4 Å². The minimum atomic E-state index is -0.193. The van der Waals surface area contributed by atoms with Gasteiger partial charge in [-0.25, -0.2) is 9.78 Å². The molecule has 1 N–H and O–H groups in total. The van der Waals surface area contributed by atoms with Crippen LogP contribution < -0.4 is 4.74 Å². The van der Waals surface area contributed by atoms with Crippen LogP contribution in [-0.2, 0) is 17.7 Å². The van der Waals surface area contributed by atoms with Gasteiger partial charge >= 0.3 is 6.09 Å². The normalized spacial score (nSPS) is 19.8. The van der Waals surface area contributed by atoms with Gasteiger partial charge in [0.15, 0.2) is 0 Å². The molecule has 0 bridgehead atoms. The third-order valence-corrected chi connectivity index (χ3v) is 5.43. The Kier molecular flexibility index (Phi) is 5.03. The zero-order valence-corrected chi connectivity index (χ0v) is 15.9. The summed E-state index contributed by atoms with van der Waals surface area (Å²) in [5.74, 6) is 1.75. The van der Waals surface area contributed by atoms with Gasteiger partial charge in [0.2, 0.25) is 0 Å². The van der Waals surface area contributed by atoms with Crippen molar-refractivity contribution < 1.29 is 14.3 Å². The summed E-state index contributed by atoms with van der Waals surface area (Å²) in [5.41, 5.74) is 3.39. The lowest BCUT2D eigenvalue weighted by molar-refractivity contribution is 0.109. The summed E-state index contributed by atoms with van der Waals surface area (Å²) < 4.78 is 10.4. The quantitative estimate of drug-likeness (QED) is 0.896. The molecule has 4 rings (SSSR count). The van der Waals surface area contributed by atoms with E-state index in [1.807, 2.05) is 36.1 Å². The van der Waals surface area contributed by atoms with Crippen molar-refractivity contribution in [2.45, 2.75) is 32.4 Å². The van der Waals surface area contributed by atoms with Crippen LogP contribution in [0.2, 0.25) is 0 Å². The van der Waals surface area contributed by atoms with E-state index in [0.29, 0.717) is 12.6 Å². The first kappa shape index (κ1) is 17.9. The van der Waals surface area contributed by atoms with Crippen molar-refractivity contribution in [3.8, 4) is 17.1 Å². The highest BCUT2D eigenvalue weighted by atomic mass is 16.6. The van der Waals surface area contributed by atoms with Crippen LogP contribution in [0.3, 0.4) is 0 Å². The molecule has 1 atom stereocenters. The number of hydrogen-bond donors (Lipinski definition) is 1. The number of imidazole rings is 1. The summed E-state index contributed by atoms with van der Waals surface area (Å²) in [4.78, 5) is 24.5. The molecular weight excluding hydrogens is 344 g/mol. The number of nitrogens with zero attached hydrogens (tertiary/aromatic N) is 3. The van der Waals surface area contributed by atoms with Crippen LogP contribution in [0.4, 0.5) is 4.79 Å². The van der Waals surface area contributed by atoms with E-state index in [1.54, 1.807) is 7.11 Å². The summed E-state index contributed by atoms with van der Waals surface area (Å²) in [5, 5.41) is 0. The Hall–Kier alpha value is -2.54. The molecule has 0 saturated carbocycles. The Balaban J connectivity index is 1.43. The molecule has 0 spiro atoms. The van der Waals surface area contributed by atoms with Crippen molar-refractivity contribution in [3.05, 3.63) is 35.7 Å². The molecule has 0 radical (unpaired) electrons. The highest BCUT2D eigenvalue weighted by Gasteiger charge is 2.33. The average Bonchev–Trinajstić information content (AvgIpc) is 3.35. The second-order valence-corrected chi connectivity index (χ2v) is 7.05. The van der Waals surface area contributed by atoms with Gasteiger partial charge in [0.25, 0.3) is 0 Å². The van der Waals surface area contributed by atoms with Crippen molar-refractivity contribution in [1.82, 2.24) is 19.8 Å². The molecule has 7 heteroatoms. The molecule has 27 heavy (non-hydrogen) atoms. The molecule has 2 aliphatic rings. The van der Waals surface area contributed by atoms with Gasteiger partial charge in [-0.15, -0.1) is 0 Å². The smallest absolute Gasteiger partial charge is 0.409 e. The summed E-state index contributed by atoms with van der Waals surface area (Å²) >= 11 is 0. The SMILES string of the molecule is CCOC(=O)N1CC[C@H](N2CCc3nc(-c4ccc(OC)cc4)[nH]c3C2)C1. The van der Waals surface area contributed by atoms with Crippen LogP contribution in [0.1, 0.15) is 24.7 Å². The van der Waals surface area contributed by atoms with Crippen molar-refractivity contribution in [2.75, 3.05) is 33.4 Å². The Morgan fingerprint density at radius 1 is 1.30 bits per heavy atom. The number of H-pyrrole nitrogens is 1. The molecule has 3 heterocycles. The molecular formula is C20H26N4O3. The molecule has 0 unspecified atom stereocenters. The minimum Gasteiger partial charge on any atom is -0.497 e. The second kappa shape index (κ2) is 7.60. The third-order valence-electron chi connectivity index (χ3n) is 5.43. The van der Waals surface area contributed by atoms with Crippen LogP contribution in [0.15, 0.2) is 24.3 Å². The molecule has 7 nitrogen and oxygen atoms in total. The predicted molar refractivity (Wildman–Crippen MR) is 102 cm³/mol. The zero-order chi connectivity index (χ0) is 18.8. The number of carbonyl (C=O) groups is 1. The second-order valence-electron chi connectivity index (χ2n) is 7.05. The van der Waals surface area contributed by atoms with Gasteiger partial charge in [0.1, 0.15) is 11.6 Å². The maximum Gasteiger partial charge on any atom is 0.409 e. The molecule has 0 aliphatic carbocycles. The number of benzene rings is 1. The largest absolute Gasteiger partial charge is 0.497 e. The van der Waals surface area contributed by atoms with E-state index in [2.05, 4.69) is 9.88 Å². The molecule has 1 amide bonds. The molecule has 1 aromatic heterocycles. The fraction of sp³-hybridized carbons (Fsp3) is 0.500. The lowest BCUT2D eigenvalue weighted by Gasteiger charge is -2.31. The van der Waals surface area contributed by atoms with Crippen molar-refractivity contribution in [2.24, 2.45) is 0 Å². The number of aromatic amines is 1. The van der Waals surface area contributed by atoms with Crippen LogP contribution in [0, 0.1) is 0 Å².